The van der Waals surface area contributed by atoms with Crippen molar-refractivity contribution in [1.29, 1.82) is 5.26 Å². The Morgan fingerprint density at radius 3 is 2.74 bits per heavy atom. The minimum absolute atomic E-state index is 0.0315. The predicted molar refractivity (Wildman–Crippen MR) is 79.5 cm³/mol. The maximum absolute atomic E-state index is 12.8. The number of nitrogens with zero attached hydrogens (tertiary/aromatic N) is 3. The average molecular weight is 326 g/mol. The average Bonchev–Trinajstić information content (AvgIpc) is 3.01. The number of rotatable bonds is 6. The third-order valence-electron chi connectivity index (χ3n) is 3.48. The molecule has 0 amide bonds. The van der Waals surface area contributed by atoms with Gasteiger partial charge in [0.1, 0.15) is 24.4 Å². The van der Waals surface area contributed by atoms with Crippen LogP contribution in [0, 0.1) is 11.5 Å². The van der Waals surface area contributed by atoms with Crippen molar-refractivity contribution < 1.29 is 17.9 Å². The van der Waals surface area contributed by atoms with Crippen LogP contribution in [0.5, 0.6) is 5.75 Å². The largest absolute Gasteiger partial charge is 0.490 e. The van der Waals surface area contributed by atoms with E-state index in [4.69, 9.17) is 10.00 Å². The van der Waals surface area contributed by atoms with E-state index < -0.39 is 11.7 Å². The van der Waals surface area contributed by atoms with E-state index in [9.17, 15) is 13.2 Å². The zero-order valence-electron chi connectivity index (χ0n) is 12.4. The predicted octanol–water partition coefficient (Wildman–Crippen LogP) is 2.91. The molecule has 124 valence electrons. The number of halogens is 3. The molecule has 1 fully saturated rings. The van der Waals surface area contributed by atoms with Gasteiger partial charge in [0.2, 0.25) is 0 Å². The van der Waals surface area contributed by atoms with Crippen LogP contribution in [0.2, 0.25) is 0 Å². The summed E-state index contributed by atoms with van der Waals surface area (Å²) in [5, 5.41) is 10.5. The Hall–Kier alpha value is -2.27. The molecule has 0 radical (unpaired) electrons. The summed E-state index contributed by atoms with van der Waals surface area (Å²) in [5.74, 6) is 0.258. The highest BCUT2D eigenvalue weighted by atomic mass is 19.4. The second-order valence-corrected chi connectivity index (χ2v) is 5.09. The van der Waals surface area contributed by atoms with Crippen LogP contribution in [0.15, 0.2) is 23.2 Å². The zero-order chi connectivity index (χ0) is 16.7. The van der Waals surface area contributed by atoms with Gasteiger partial charge in [0, 0.05) is 6.54 Å². The lowest BCUT2D eigenvalue weighted by atomic mass is 10.2. The van der Waals surface area contributed by atoms with E-state index in [1.807, 2.05) is 0 Å². The monoisotopic (exact) mass is 326 g/mol. The highest BCUT2D eigenvalue weighted by molar-refractivity contribution is 5.66. The van der Waals surface area contributed by atoms with Gasteiger partial charge in [-0.3, -0.25) is 10.2 Å². The van der Waals surface area contributed by atoms with Crippen molar-refractivity contribution in [3.63, 3.8) is 0 Å². The summed E-state index contributed by atoms with van der Waals surface area (Å²) in [4.78, 5) is 6.06. The molecule has 1 aliphatic heterocycles. The van der Waals surface area contributed by atoms with Gasteiger partial charge in [-0.2, -0.15) is 18.4 Å². The summed E-state index contributed by atoms with van der Waals surface area (Å²) in [5.41, 5.74) is -0.780. The van der Waals surface area contributed by atoms with Crippen molar-refractivity contribution in [3.8, 4) is 11.9 Å². The van der Waals surface area contributed by atoms with Crippen LogP contribution in [0.4, 0.5) is 18.9 Å². The third-order valence-corrected chi connectivity index (χ3v) is 3.48. The first-order valence-corrected chi connectivity index (χ1v) is 7.24. The molecule has 0 saturated carbocycles. The molecular weight excluding hydrogens is 309 g/mol. The molecular formula is C15H17F3N4O. The lowest BCUT2D eigenvalue weighted by molar-refractivity contribution is -0.137. The molecule has 0 aromatic heterocycles. The summed E-state index contributed by atoms with van der Waals surface area (Å²) in [7, 11) is 0. The van der Waals surface area contributed by atoms with E-state index in [2.05, 4.69) is 15.2 Å². The van der Waals surface area contributed by atoms with Crippen LogP contribution in [0.3, 0.4) is 0 Å². The van der Waals surface area contributed by atoms with Gasteiger partial charge in [0.05, 0.1) is 5.56 Å². The Kier molecular flexibility index (Phi) is 5.82. The maximum atomic E-state index is 12.8. The van der Waals surface area contributed by atoms with Gasteiger partial charge in [-0.1, -0.05) is 0 Å². The van der Waals surface area contributed by atoms with Crippen LogP contribution in [-0.2, 0) is 6.18 Å². The highest BCUT2D eigenvalue weighted by Gasteiger charge is 2.31. The molecule has 1 aromatic rings. The quantitative estimate of drug-likeness (QED) is 0.378. The van der Waals surface area contributed by atoms with Gasteiger partial charge < -0.3 is 4.74 Å². The lowest BCUT2D eigenvalue weighted by Gasteiger charge is -2.16. The fourth-order valence-electron chi connectivity index (χ4n) is 2.34. The summed E-state index contributed by atoms with van der Waals surface area (Å²) in [6, 6.07) is 3.12. The molecule has 0 spiro atoms. The van der Waals surface area contributed by atoms with Gasteiger partial charge in [0.15, 0.2) is 6.19 Å². The fraction of sp³-hybridized carbons (Fsp3) is 0.467. The van der Waals surface area contributed by atoms with E-state index in [0.29, 0.717) is 6.61 Å². The maximum Gasteiger partial charge on any atom is 0.416 e. The van der Waals surface area contributed by atoms with Crippen molar-refractivity contribution in [3.05, 3.63) is 23.8 Å². The number of nitrogens with one attached hydrogen (secondary N) is 1. The number of nitriles is 1. The first-order valence-electron chi connectivity index (χ1n) is 7.24. The van der Waals surface area contributed by atoms with Crippen molar-refractivity contribution in [2.24, 2.45) is 4.99 Å². The van der Waals surface area contributed by atoms with Crippen molar-refractivity contribution >= 4 is 12.0 Å². The minimum atomic E-state index is -4.46. The number of hydrogen-bond donors (Lipinski definition) is 1. The van der Waals surface area contributed by atoms with Gasteiger partial charge in [0.25, 0.3) is 0 Å². The first kappa shape index (κ1) is 17.1. The standard InChI is InChI=1S/C15H17F3N4O/c16-15(17,18)12-3-4-14(13(9-12)21-11-20-10-19)23-8-7-22-5-1-2-6-22/h3-4,9,11H,1-2,5-8H2,(H,20,21). The van der Waals surface area contributed by atoms with Crippen molar-refractivity contribution in [1.82, 2.24) is 10.2 Å². The van der Waals surface area contributed by atoms with Gasteiger partial charge >= 0.3 is 6.18 Å². The van der Waals surface area contributed by atoms with Gasteiger partial charge in [-0.25, -0.2) is 4.99 Å². The SMILES string of the molecule is N#CNC=Nc1cc(C(F)(F)F)ccc1OCCN1CCCC1. The van der Waals surface area contributed by atoms with E-state index >= 15 is 0 Å². The van der Waals surface area contributed by atoms with E-state index in [-0.39, 0.29) is 11.4 Å². The number of hydrogen-bond acceptors (Lipinski definition) is 4. The van der Waals surface area contributed by atoms with Crippen LogP contribution < -0.4 is 10.1 Å². The summed E-state index contributed by atoms with van der Waals surface area (Å²) in [6.45, 7) is 3.14. The first-order chi connectivity index (χ1) is 11.0. The number of aliphatic imine (C=N–C) groups is 1. The number of alkyl halides is 3. The molecule has 0 bridgehead atoms. The minimum Gasteiger partial charge on any atom is -0.490 e. The Bertz CT molecular complexity index is 589. The summed E-state index contributed by atoms with van der Waals surface area (Å²) in [6.07, 6.45) is 0.511. The second-order valence-electron chi connectivity index (χ2n) is 5.09. The Balaban J connectivity index is 2.07. The van der Waals surface area contributed by atoms with Gasteiger partial charge in [-0.05, 0) is 44.1 Å². The second kappa shape index (κ2) is 7.83. The number of likely N-dealkylation sites (tertiary alicyclic amines) is 1. The molecule has 5 nitrogen and oxygen atoms in total. The molecule has 2 rings (SSSR count). The van der Waals surface area contributed by atoms with Crippen LogP contribution in [0.25, 0.3) is 0 Å². The smallest absolute Gasteiger partial charge is 0.416 e. The lowest BCUT2D eigenvalue weighted by Crippen LogP contribution is -2.25. The van der Waals surface area contributed by atoms with E-state index in [1.54, 1.807) is 6.19 Å². The topological polar surface area (TPSA) is 60.6 Å². The molecule has 1 aliphatic rings. The molecule has 1 heterocycles. The van der Waals surface area contributed by atoms with Crippen molar-refractivity contribution in [2.75, 3.05) is 26.2 Å². The van der Waals surface area contributed by atoms with Crippen LogP contribution >= 0.6 is 0 Å². The molecule has 0 unspecified atom stereocenters. The Morgan fingerprint density at radius 1 is 1.35 bits per heavy atom. The molecule has 0 aliphatic carbocycles. The van der Waals surface area contributed by atoms with E-state index in [0.717, 1.165) is 50.9 Å². The van der Waals surface area contributed by atoms with Gasteiger partial charge in [-0.15, -0.1) is 0 Å². The molecule has 0 atom stereocenters. The normalized spacial score (nSPS) is 15.7. The molecule has 1 N–H and O–H groups in total. The van der Waals surface area contributed by atoms with Crippen molar-refractivity contribution in [2.45, 2.75) is 19.0 Å². The summed E-state index contributed by atoms with van der Waals surface area (Å²) >= 11 is 0. The Morgan fingerprint density at radius 2 is 2.09 bits per heavy atom. The highest BCUT2D eigenvalue weighted by Crippen LogP contribution is 2.36. The molecule has 1 saturated heterocycles. The fourth-order valence-corrected chi connectivity index (χ4v) is 2.34. The molecule has 23 heavy (non-hydrogen) atoms. The Labute approximate surface area is 132 Å². The van der Waals surface area contributed by atoms with Crippen LogP contribution in [0.1, 0.15) is 18.4 Å². The zero-order valence-corrected chi connectivity index (χ0v) is 12.4. The number of benzene rings is 1. The van der Waals surface area contributed by atoms with E-state index in [1.165, 1.54) is 6.07 Å². The summed E-state index contributed by atoms with van der Waals surface area (Å²) < 4.78 is 43.9. The molecule has 1 aromatic carbocycles. The third kappa shape index (κ3) is 5.14. The molecule has 8 heteroatoms. The van der Waals surface area contributed by atoms with Crippen LogP contribution in [-0.4, -0.2) is 37.5 Å². The number of ether oxygens (including phenoxy) is 1.